The summed E-state index contributed by atoms with van der Waals surface area (Å²) in [5.41, 5.74) is 5.62. The highest BCUT2D eigenvalue weighted by Crippen LogP contribution is 2.38. The molecule has 0 bridgehead atoms. The Morgan fingerprint density at radius 1 is 1.20 bits per heavy atom. The van der Waals surface area contributed by atoms with Gasteiger partial charge in [-0.3, -0.25) is 0 Å². The second kappa shape index (κ2) is 4.51. The van der Waals surface area contributed by atoms with E-state index in [-0.39, 0.29) is 0 Å². The molecule has 1 aliphatic heterocycles. The van der Waals surface area contributed by atoms with Crippen LogP contribution in [0.3, 0.4) is 0 Å². The topological polar surface area (TPSA) is 53.1 Å². The lowest BCUT2D eigenvalue weighted by Crippen LogP contribution is -2.51. The van der Waals surface area contributed by atoms with E-state index in [1.807, 2.05) is 0 Å². The van der Waals surface area contributed by atoms with Crippen LogP contribution in [0.4, 0.5) is 0 Å². The van der Waals surface area contributed by atoms with Crippen molar-refractivity contribution in [3.63, 3.8) is 0 Å². The fourth-order valence-electron chi connectivity index (χ4n) is 2.52. The third-order valence-corrected chi connectivity index (χ3v) is 3.70. The van der Waals surface area contributed by atoms with Crippen LogP contribution in [0.2, 0.25) is 0 Å². The van der Waals surface area contributed by atoms with Crippen LogP contribution in [0.5, 0.6) is 0 Å². The Hall–Kier alpha value is -0.590. The summed E-state index contributed by atoms with van der Waals surface area (Å²) in [6.07, 6.45) is 7.52. The molecule has 1 saturated heterocycles. The van der Waals surface area contributed by atoms with Gasteiger partial charge in [-0.2, -0.15) is 5.26 Å². The van der Waals surface area contributed by atoms with Crippen LogP contribution in [0.15, 0.2) is 0 Å². The first-order valence-corrected chi connectivity index (χ1v) is 6.17. The van der Waals surface area contributed by atoms with Crippen molar-refractivity contribution in [3.8, 4) is 6.07 Å². The number of likely N-dealkylation sites (tertiary alicyclic amines) is 1. The maximum Gasteiger partial charge on any atom is 0.119 e. The van der Waals surface area contributed by atoms with E-state index in [1.54, 1.807) is 0 Å². The van der Waals surface area contributed by atoms with Gasteiger partial charge in [0, 0.05) is 6.54 Å². The van der Waals surface area contributed by atoms with Gasteiger partial charge in [-0.15, -0.1) is 0 Å². The molecule has 3 heteroatoms. The quantitative estimate of drug-likeness (QED) is 0.763. The molecule has 2 rings (SSSR count). The van der Waals surface area contributed by atoms with Crippen LogP contribution in [-0.2, 0) is 0 Å². The molecule has 0 aromatic rings. The maximum atomic E-state index is 9.19. The Bertz CT molecular complexity index is 246. The van der Waals surface area contributed by atoms with E-state index in [4.69, 9.17) is 5.73 Å². The summed E-state index contributed by atoms with van der Waals surface area (Å²) in [6.45, 7) is 3.05. The second-order valence-electron chi connectivity index (χ2n) is 5.12. The van der Waals surface area contributed by atoms with Gasteiger partial charge < -0.3 is 10.6 Å². The fourth-order valence-corrected chi connectivity index (χ4v) is 2.52. The summed E-state index contributed by atoms with van der Waals surface area (Å²) in [5, 5.41) is 9.19. The third-order valence-electron chi connectivity index (χ3n) is 3.70. The SMILES string of the molecule is N#CC(N)(CN1CCCCCC1)C1CC1. The molecule has 0 spiro atoms. The Kier molecular flexibility index (Phi) is 3.28. The summed E-state index contributed by atoms with van der Waals surface area (Å²) in [7, 11) is 0. The Morgan fingerprint density at radius 2 is 1.80 bits per heavy atom. The van der Waals surface area contributed by atoms with Crippen molar-refractivity contribution in [2.75, 3.05) is 19.6 Å². The van der Waals surface area contributed by atoms with Gasteiger partial charge in [0.05, 0.1) is 6.07 Å². The highest BCUT2D eigenvalue weighted by molar-refractivity contribution is 5.14. The molecular formula is C12H21N3. The fraction of sp³-hybridized carbons (Fsp3) is 0.917. The summed E-state index contributed by atoms with van der Waals surface area (Å²) in [6, 6.07) is 2.34. The summed E-state index contributed by atoms with van der Waals surface area (Å²) < 4.78 is 0. The first kappa shape index (κ1) is 10.9. The molecule has 2 aliphatic rings. The predicted octanol–water partition coefficient (Wildman–Crippen LogP) is 1.49. The van der Waals surface area contributed by atoms with Crippen LogP contribution in [-0.4, -0.2) is 30.1 Å². The second-order valence-corrected chi connectivity index (χ2v) is 5.12. The minimum atomic E-state index is -0.565. The molecule has 0 aromatic carbocycles. The highest BCUT2D eigenvalue weighted by atomic mass is 15.1. The lowest BCUT2D eigenvalue weighted by atomic mass is 9.95. The van der Waals surface area contributed by atoms with Gasteiger partial charge in [0.25, 0.3) is 0 Å². The molecule has 0 amide bonds. The van der Waals surface area contributed by atoms with Gasteiger partial charge in [-0.25, -0.2) is 0 Å². The van der Waals surface area contributed by atoms with E-state index >= 15 is 0 Å². The van der Waals surface area contributed by atoms with Gasteiger partial charge in [-0.1, -0.05) is 12.8 Å². The lowest BCUT2D eigenvalue weighted by Gasteiger charge is -2.29. The van der Waals surface area contributed by atoms with Crippen molar-refractivity contribution in [3.05, 3.63) is 0 Å². The number of nitrogens with two attached hydrogens (primary N) is 1. The number of nitriles is 1. The van der Waals surface area contributed by atoms with E-state index in [0.29, 0.717) is 5.92 Å². The Balaban J connectivity index is 1.90. The number of hydrogen-bond donors (Lipinski definition) is 1. The molecular weight excluding hydrogens is 186 g/mol. The summed E-state index contributed by atoms with van der Waals surface area (Å²) in [5.74, 6) is 0.464. The van der Waals surface area contributed by atoms with Crippen LogP contribution in [0.25, 0.3) is 0 Å². The number of nitrogens with zero attached hydrogens (tertiary/aromatic N) is 2. The van der Waals surface area contributed by atoms with Crippen LogP contribution >= 0.6 is 0 Å². The molecule has 1 atom stereocenters. The molecule has 2 N–H and O–H groups in total. The van der Waals surface area contributed by atoms with Crippen LogP contribution in [0, 0.1) is 17.2 Å². The number of hydrogen-bond acceptors (Lipinski definition) is 3. The minimum absolute atomic E-state index is 0.464. The lowest BCUT2D eigenvalue weighted by molar-refractivity contribution is 0.229. The van der Waals surface area contributed by atoms with Crippen molar-refractivity contribution >= 4 is 0 Å². The van der Waals surface area contributed by atoms with Crippen LogP contribution in [0.1, 0.15) is 38.5 Å². The molecule has 1 heterocycles. The van der Waals surface area contributed by atoms with Crippen molar-refractivity contribution in [2.45, 2.75) is 44.1 Å². The molecule has 2 fully saturated rings. The summed E-state index contributed by atoms with van der Waals surface area (Å²) >= 11 is 0. The Morgan fingerprint density at radius 3 is 2.27 bits per heavy atom. The van der Waals surface area contributed by atoms with E-state index in [2.05, 4.69) is 11.0 Å². The molecule has 0 radical (unpaired) electrons. The zero-order valence-electron chi connectivity index (χ0n) is 9.41. The average Bonchev–Trinajstić information content (AvgIpc) is 3.05. The third kappa shape index (κ3) is 2.70. The van der Waals surface area contributed by atoms with Gasteiger partial charge in [-0.05, 0) is 44.7 Å². The zero-order valence-corrected chi connectivity index (χ0v) is 9.41. The van der Waals surface area contributed by atoms with Crippen molar-refractivity contribution in [2.24, 2.45) is 11.7 Å². The number of rotatable bonds is 3. The molecule has 0 aromatic heterocycles. The van der Waals surface area contributed by atoms with Crippen molar-refractivity contribution in [1.82, 2.24) is 4.90 Å². The van der Waals surface area contributed by atoms with E-state index < -0.39 is 5.54 Å². The zero-order chi connectivity index (χ0) is 10.7. The largest absolute Gasteiger partial charge is 0.312 e. The molecule has 1 saturated carbocycles. The van der Waals surface area contributed by atoms with E-state index in [1.165, 1.54) is 25.7 Å². The summed E-state index contributed by atoms with van der Waals surface area (Å²) in [4.78, 5) is 2.40. The average molecular weight is 207 g/mol. The van der Waals surface area contributed by atoms with Gasteiger partial charge >= 0.3 is 0 Å². The minimum Gasteiger partial charge on any atom is -0.312 e. The van der Waals surface area contributed by atoms with E-state index in [9.17, 15) is 5.26 Å². The van der Waals surface area contributed by atoms with Crippen molar-refractivity contribution in [1.29, 1.82) is 5.26 Å². The predicted molar refractivity (Wildman–Crippen MR) is 60.2 cm³/mol. The Labute approximate surface area is 92.2 Å². The molecule has 15 heavy (non-hydrogen) atoms. The first-order valence-electron chi connectivity index (χ1n) is 6.17. The van der Waals surface area contributed by atoms with Crippen LogP contribution < -0.4 is 5.73 Å². The van der Waals surface area contributed by atoms with Gasteiger partial charge in [0.1, 0.15) is 5.54 Å². The van der Waals surface area contributed by atoms with Gasteiger partial charge in [0.15, 0.2) is 0 Å². The molecule has 84 valence electrons. The molecule has 3 nitrogen and oxygen atoms in total. The van der Waals surface area contributed by atoms with Crippen molar-refractivity contribution < 1.29 is 0 Å². The van der Waals surface area contributed by atoms with Gasteiger partial charge in [0.2, 0.25) is 0 Å². The first-order chi connectivity index (χ1) is 7.24. The monoisotopic (exact) mass is 207 g/mol. The van der Waals surface area contributed by atoms with E-state index in [0.717, 1.165) is 32.5 Å². The normalized spacial score (nSPS) is 27.7. The smallest absolute Gasteiger partial charge is 0.119 e. The highest BCUT2D eigenvalue weighted by Gasteiger charge is 2.43. The standard InChI is InChI=1S/C12H21N3/c13-9-12(14,11-5-6-11)10-15-7-3-1-2-4-8-15/h11H,1-8,10,14H2. The molecule has 1 unspecified atom stereocenters. The molecule has 1 aliphatic carbocycles. The maximum absolute atomic E-state index is 9.19.